The fourth-order valence-electron chi connectivity index (χ4n) is 3.49. The smallest absolute Gasteiger partial charge is 0.303 e. The van der Waals surface area contributed by atoms with Crippen LogP contribution in [0.5, 0.6) is 5.75 Å². The van der Waals surface area contributed by atoms with Gasteiger partial charge in [-0.1, -0.05) is 24.3 Å². The number of halogens is 1. The van der Waals surface area contributed by atoms with Crippen LogP contribution in [-0.2, 0) is 4.79 Å². The molecule has 5 nitrogen and oxygen atoms in total. The van der Waals surface area contributed by atoms with Crippen LogP contribution in [0.4, 0.5) is 0 Å². The molecule has 1 aromatic rings. The lowest BCUT2D eigenvalue weighted by Crippen LogP contribution is -2.27. The van der Waals surface area contributed by atoms with Gasteiger partial charge in [0.1, 0.15) is 5.75 Å². The number of carboxylic acids is 1. The third-order valence-electron chi connectivity index (χ3n) is 5.09. The maximum Gasteiger partial charge on any atom is 0.303 e. The minimum absolute atomic E-state index is 0.0635. The minimum atomic E-state index is -0.778. The summed E-state index contributed by atoms with van der Waals surface area (Å²) in [6, 6.07) is 7.32. The largest absolute Gasteiger partial charge is 0.493 e. The number of benzene rings is 1. The van der Waals surface area contributed by atoms with Crippen molar-refractivity contribution < 1.29 is 24.9 Å². The molecule has 1 unspecified atom stereocenters. The first-order valence-electron chi connectivity index (χ1n) is 9.48. The van der Waals surface area contributed by atoms with Crippen molar-refractivity contribution >= 4 is 17.6 Å². The molecule has 150 valence electrons. The van der Waals surface area contributed by atoms with Crippen LogP contribution in [0.25, 0.3) is 0 Å². The van der Waals surface area contributed by atoms with E-state index in [-0.39, 0.29) is 23.6 Å². The first-order chi connectivity index (χ1) is 12.9. The monoisotopic (exact) mass is 396 g/mol. The van der Waals surface area contributed by atoms with Gasteiger partial charge in [0.2, 0.25) is 0 Å². The van der Waals surface area contributed by atoms with E-state index in [1.54, 1.807) is 6.92 Å². The molecule has 0 aliphatic heterocycles. The first kappa shape index (κ1) is 21.7. The lowest BCUT2D eigenvalue weighted by Gasteiger charge is -2.23. The average molecular weight is 397 g/mol. The third-order valence-corrected chi connectivity index (χ3v) is 5.60. The highest BCUT2D eigenvalue weighted by Crippen LogP contribution is 2.39. The standard InChI is InChI=1S/C21H29ClO5/c1-14(23)15-7-6-8-16(11-15)27-13-18-17(19(22)12-20(18)24)9-4-2-3-5-10-21(25)26/h2,4,6-8,11,14,17-20,23-24H,3,5,9-10,12-13H2,1H3,(H,25,26)/b4-2-/t14-,17?,18-,19-,20-/m1/s1. The number of unbranched alkanes of at least 4 members (excludes halogenated alkanes) is 1. The fourth-order valence-corrected chi connectivity index (χ4v) is 3.96. The SMILES string of the molecule is C[C@@H](O)c1cccc(OC[C@@H]2C(C/C=C\CCCC(=O)O)[C@H](Cl)C[C@H]2O)c1. The Balaban J connectivity index is 1.88. The van der Waals surface area contributed by atoms with Crippen molar-refractivity contribution in [3.05, 3.63) is 42.0 Å². The second-order valence-corrected chi connectivity index (χ2v) is 7.76. The van der Waals surface area contributed by atoms with Crippen molar-refractivity contribution in [1.82, 2.24) is 0 Å². The Hall–Kier alpha value is -1.56. The number of allylic oxidation sites excluding steroid dienone is 2. The number of alkyl halides is 1. The van der Waals surface area contributed by atoms with Crippen LogP contribution >= 0.6 is 11.6 Å². The molecule has 0 amide bonds. The van der Waals surface area contributed by atoms with Gasteiger partial charge in [0.05, 0.1) is 18.8 Å². The zero-order valence-corrected chi connectivity index (χ0v) is 16.4. The Morgan fingerprint density at radius 3 is 2.85 bits per heavy atom. The number of rotatable bonds is 10. The van der Waals surface area contributed by atoms with Crippen molar-refractivity contribution in [2.45, 2.75) is 56.6 Å². The summed E-state index contributed by atoms with van der Waals surface area (Å²) >= 11 is 6.44. The molecule has 6 heteroatoms. The first-order valence-corrected chi connectivity index (χ1v) is 9.92. The molecule has 1 aromatic carbocycles. The molecule has 2 rings (SSSR count). The highest BCUT2D eigenvalue weighted by atomic mass is 35.5. The molecule has 3 N–H and O–H groups in total. The van der Waals surface area contributed by atoms with E-state index in [1.165, 1.54) is 0 Å². The van der Waals surface area contributed by atoms with E-state index < -0.39 is 18.2 Å². The summed E-state index contributed by atoms with van der Waals surface area (Å²) in [6.07, 6.45) is 5.75. The van der Waals surface area contributed by atoms with Crippen molar-refractivity contribution in [1.29, 1.82) is 0 Å². The summed E-state index contributed by atoms with van der Waals surface area (Å²) in [6.45, 7) is 2.07. The third kappa shape index (κ3) is 6.83. The van der Waals surface area contributed by atoms with Crippen molar-refractivity contribution in [2.75, 3.05) is 6.61 Å². The topological polar surface area (TPSA) is 87.0 Å². The normalized spacial score (nSPS) is 26.4. The molecule has 0 saturated heterocycles. The van der Waals surface area contributed by atoms with Gasteiger partial charge in [-0.25, -0.2) is 0 Å². The Morgan fingerprint density at radius 2 is 2.15 bits per heavy atom. The van der Waals surface area contributed by atoms with E-state index in [2.05, 4.69) is 0 Å². The van der Waals surface area contributed by atoms with E-state index in [1.807, 2.05) is 36.4 Å². The molecule has 0 radical (unpaired) electrons. The van der Waals surface area contributed by atoms with Gasteiger partial charge < -0.3 is 20.1 Å². The molecule has 0 spiro atoms. The molecule has 0 aromatic heterocycles. The minimum Gasteiger partial charge on any atom is -0.493 e. The van der Waals surface area contributed by atoms with Gasteiger partial charge in [0.15, 0.2) is 0 Å². The predicted molar refractivity (Wildman–Crippen MR) is 105 cm³/mol. The molecule has 0 bridgehead atoms. The average Bonchev–Trinajstić information content (AvgIpc) is 2.89. The van der Waals surface area contributed by atoms with Gasteiger partial charge in [0.25, 0.3) is 0 Å². The van der Waals surface area contributed by atoms with Crippen molar-refractivity contribution in [3.63, 3.8) is 0 Å². The Bertz CT molecular complexity index is 631. The zero-order valence-electron chi connectivity index (χ0n) is 15.6. The second kappa shape index (κ2) is 10.7. The lowest BCUT2D eigenvalue weighted by atomic mass is 9.92. The molecule has 1 aliphatic rings. The maximum atomic E-state index is 10.5. The quantitative estimate of drug-likeness (QED) is 0.317. The van der Waals surface area contributed by atoms with E-state index in [4.69, 9.17) is 21.4 Å². The number of ether oxygens (including phenoxy) is 1. The highest BCUT2D eigenvalue weighted by molar-refractivity contribution is 6.21. The van der Waals surface area contributed by atoms with Gasteiger partial charge >= 0.3 is 5.97 Å². The van der Waals surface area contributed by atoms with Gasteiger partial charge in [-0.05, 0) is 56.2 Å². The molecular weight excluding hydrogens is 368 g/mol. The fraction of sp³-hybridized carbons (Fsp3) is 0.571. The summed E-state index contributed by atoms with van der Waals surface area (Å²) in [7, 11) is 0. The van der Waals surface area contributed by atoms with Crippen LogP contribution in [0.2, 0.25) is 0 Å². The number of aliphatic hydroxyl groups is 2. The van der Waals surface area contributed by atoms with Crippen LogP contribution in [0.1, 0.15) is 50.7 Å². The Kier molecular flexibility index (Phi) is 8.61. The summed E-state index contributed by atoms with van der Waals surface area (Å²) in [5.41, 5.74) is 0.788. The predicted octanol–water partition coefficient (Wildman–Crippen LogP) is 3.92. The van der Waals surface area contributed by atoms with Gasteiger partial charge in [-0.2, -0.15) is 0 Å². The van der Waals surface area contributed by atoms with E-state index in [0.717, 1.165) is 18.4 Å². The van der Waals surface area contributed by atoms with Crippen LogP contribution in [0.3, 0.4) is 0 Å². The van der Waals surface area contributed by atoms with E-state index in [9.17, 15) is 15.0 Å². The molecule has 27 heavy (non-hydrogen) atoms. The zero-order chi connectivity index (χ0) is 19.8. The number of hydrogen-bond acceptors (Lipinski definition) is 4. The second-order valence-electron chi connectivity index (χ2n) is 7.20. The summed E-state index contributed by atoms with van der Waals surface area (Å²) < 4.78 is 5.88. The number of carboxylic acid groups (broad SMARTS) is 1. The van der Waals surface area contributed by atoms with Crippen LogP contribution in [0, 0.1) is 11.8 Å². The number of aliphatic carboxylic acids is 1. The molecule has 5 atom stereocenters. The van der Waals surface area contributed by atoms with Crippen LogP contribution < -0.4 is 4.74 Å². The summed E-state index contributed by atoms with van der Waals surface area (Å²) in [5.74, 6) is -0.0645. The van der Waals surface area contributed by atoms with Gasteiger partial charge in [0, 0.05) is 17.7 Å². The molecule has 1 fully saturated rings. The summed E-state index contributed by atoms with van der Waals surface area (Å²) in [5, 5.41) is 28.6. The maximum absolute atomic E-state index is 10.5. The number of carbonyl (C=O) groups is 1. The lowest BCUT2D eigenvalue weighted by molar-refractivity contribution is -0.137. The Morgan fingerprint density at radius 1 is 1.37 bits per heavy atom. The molecular formula is C21H29ClO5. The van der Waals surface area contributed by atoms with Crippen LogP contribution in [0.15, 0.2) is 36.4 Å². The van der Waals surface area contributed by atoms with E-state index >= 15 is 0 Å². The van der Waals surface area contributed by atoms with Crippen LogP contribution in [-0.4, -0.2) is 39.4 Å². The van der Waals surface area contributed by atoms with Gasteiger partial charge in [-0.15, -0.1) is 11.6 Å². The molecule has 1 aliphatic carbocycles. The van der Waals surface area contributed by atoms with Crippen molar-refractivity contribution in [2.24, 2.45) is 11.8 Å². The molecule has 1 saturated carbocycles. The highest BCUT2D eigenvalue weighted by Gasteiger charge is 2.41. The Labute approximate surface area is 165 Å². The number of aliphatic hydroxyl groups excluding tert-OH is 2. The molecule has 0 heterocycles. The van der Waals surface area contributed by atoms with Gasteiger partial charge in [-0.3, -0.25) is 4.79 Å². The summed E-state index contributed by atoms with van der Waals surface area (Å²) in [4.78, 5) is 10.5. The van der Waals surface area contributed by atoms with E-state index in [0.29, 0.717) is 25.2 Å². The van der Waals surface area contributed by atoms with Crippen molar-refractivity contribution in [3.8, 4) is 5.75 Å². The number of hydrogen-bond donors (Lipinski definition) is 3.